The minimum atomic E-state index is -0.883. The molecule has 0 N–H and O–H groups in total. The Kier molecular flexibility index (Phi) is 5.48. The SMILES string of the molecule is CC1=C(N2CCC3(CCN(CCc4ccc5c(c4C)COC5=O)CC3)[C@H](F)C2)COC1=O. The smallest absolute Gasteiger partial charge is 0.338 e. The molecule has 0 saturated carbocycles. The fourth-order valence-electron chi connectivity index (χ4n) is 5.77. The molecule has 0 radical (unpaired) electrons. The molecule has 2 fully saturated rings. The number of nitrogens with zero attached hydrogens (tertiary/aromatic N) is 2. The summed E-state index contributed by atoms with van der Waals surface area (Å²) in [6, 6.07) is 3.94. The molecule has 4 aliphatic heterocycles. The van der Waals surface area contributed by atoms with Crippen molar-refractivity contribution in [3.8, 4) is 0 Å². The van der Waals surface area contributed by atoms with E-state index in [9.17, 15) is 9.59 Å². The molecule has 4 aliphatic rings. The lowest BCUT2D eigenvalue weighted by Crippen LogP contribution is -2.53. The van der Waals surface area contributed by atoms with Crippen LogP contribution in [0.5, 0.6) is 0 Å². The zero-order valence-corrected chi connectivity index (χ0v) is 18.9. The molecule has 1 atom stereocenters. The molecule has 5 rings (SSSR count). The largest absolute Gasteiger partial charge is 0.457 e. The minimum Gasteiger partial charge on any atom is -0.457 e. The minimum absolute atomic E-state index is 0.221. The number of likely N-dealkylation sites (tertiary alicyclic amines) is 2. The number of ether oxygens (including phenoxy) is 2. The van der Waals surface area contributed by atoms with E-state index in [4.69, 9.17) is 9.47 Å². The molecule has 0 unspecified atom stereocenters. The summed E-state index contributed by atoms with van der Waals surface area (Å²) in [6.07, 6.45) is 2.62. The Morgan fingerprint density at radius 3 is 2.44 bits per heavy atom. The molecule has 172 valence electrons. The van der Waals surface area contributed by atoms with Crippen LogP contribution in [0.25, 0.3) is 0 Å². The molecule has 4 heterocycles. The maximum atomic E-state index is 15.4. The van der Waals surface area contributed by atoms with E-state index in [2.05, 4.69) is 11.8 Å². The second-order valence-corrected chi connectivity index (χ2v) is 9.72. The third-order valence-electron chi connectivity index (χ3n) is 8.21. The van der Waals surface area contributed by atoms with Gasteiger partial charge in [-0.05, 0) is 69.8 Å². The number of esters is 2. The van der Waals surface area contributed by atoms with Crippen molar-refractivity contribution in [3.05, 3.63) is 45.7 Å². The van der Waals surface area contributed by atoms with Gasteiger partial charge in [0.25, 0.3) is 0 Å². The number of hydrogen-bond donors (Lipinski definition) is 0. The number of carbonyl (C=O) groups is 2. The normalized spacial score (nSPS) is 25.3. The Morgan fingerprint density at radius 1 is 1.03 bits per heavy atom. The van der Waals surface area contributed by atoms with E-state index in [0.29, 0.717) is 24.3 Å². The van der Waals surface area contributed by atoms with Crippen molar-refractivity contribution in [1.82, 2.24) is 9.80 Å². The summed E-state index contributed by atoms with van der Waals surface area (Å²) in [6.45, 7) is 8.42. The van der Waals surface area contributed by atoms with Gasteiger partial charge in [0, 0.05) is 30.6 Å². The lowest BCUT2D eigenvalue weighted by Gasteiger charge is -2.49. The molecule has 0 bridgehead atoms. The summed E-state index contributed by atoms with van der Waals surface area (Å²) in [7, 11) is 0. The van der Waals surface area contributed by atoms with Crippen molar-refractivity contribution in [2.45, 2.75) is 52.3 Å². The molecule has 6 nitrogen and oxygen atoms in total. The lowest BCUT2D eigenvalue weighted by atomic mass is 9.70. The van der Waals surface area contributed by atoms with Crippen molar-refractivity contribution in [1.29, 1.82) is 0 Å². The fraction of sp³-hybridized carbons (Fsp3) is 0.600. The van der Waals surface area contributed by atoms with Gasteiger partial charge in [0.05, 0.1) is 16.8 Å². The molecular weight excluding hydrogens is 411 g/mol. The van der Waals surface area contributed by atoms with Crippen molar-refractivity contribution in [2.24, 2.45) is 5.41 Å². The maximum absolute atomic E-state index is 15.4. The highest BCUT2D eigenvalue weighted by Crippen LogP contribution is 2.44. The van der Waals surface area contributed by atoms with Gasteiger partial charge in [-0.25, -0.2) is 14.0 Å². The quantitative estimate of drug-likeness (QED) is 0.668. The van der Waals surface area contributed by atoms with Crippen LogP contribution in [0.3, 0.4) is 0 Å². The van der Waals surface area contributed by atoms with Crippen LogP contribution in [0, 0.1) is 12.3 Å². The van der Waals surface area contributed by atoms with E-state index >= 15 is 4.39 Å². The first-order valence-electron chi connectivity index (χ1n) is 11.6. The Balaban J connectivity index is 1.16. The number of rotatable bonds is 4. The van der Waals surface area contributed by atoms with Crippen LogP contribution in [0.1, 0.15) is 53.2 Å². The molecule has 0 aliphatic carbocycles. The number of alkyl halides is 1. The molecule has 7 heteroatoms. The number of benzene rings is 1. The number of halogens is 1. The third-order valence-corrected chi connectivity index (χ3v) is 8.21. The van der Waals surface area contributed by atoms with Crippen LogP contribution in [0.4, 0.5) is 4.39 Å². The average Bonchev–Trinajstić information content (AvgIpc) is 3.33. The zero-order valence-electron chi connectivity index (χ0n) is 18.9. The van der Waals surface area contributed by atoms with Crippen LogP contribution in [0.2, 0.25) is 0 Å². The Morgan fingerprint density at radius 2 is 1.75 bits per heavy atom. The fourth-order valence-corrected chi connectivity index (χ4v) is 5.77. The molecule has 1 aromatic rings. The average molecular weight is 443 g/mol. The van der Waals surface area contributed by atoms with E-state index < -0.39 is 6.17 Å². The molecular formula is C25H31FN2O4. The standard InChI is InChI=1S/C25H31FN2O4/c1-16-18(3-4-19-20(16)14-31-24(19)30)5-9-27-10-6-25(7-11-27)8-12-28(13-22(25)26)21-15-32-23(29)17(21)2/h3-4,22H,5-15H2,1-2H3/t22-/m1/s1. The van der Waals surface area contributed by atoms with E-state index in [0.717, 1.165) is 68.7 Å². The van der Waals surface area contributed by atoms with E-state index in [1.165, 1.54) is 5.56 Å². The van der Waals surface area contributed by atoms with Crippen LogP contribution >= 0.6 is 0 Å². The highest BCUT2D eigenvalue weighted by Gasteiger charge is 2.46. The highest BCUT2D eigenvalue weighted by atomic mass is 19.1. The number of hydrogen-bond acceptors (Lipinski definition) is 6. The van der Waals surface area contributed by atoms with Gasteiger partial charge >= 0.3 is 11.9 Å². The van der Waals surface area contributed by atoms with Gasteiger partial charge in [-0.2, -0.15) is 0 Å². The van der Waals surface area contributed by atoms with E-state index in [-0.39, 0.29) is 24.0 Å². The maximum Gasteiger partial charge on any atom is 0.338 e. The predicted molar refractivity (Wildman–Crippen MR) is 117 cm³/mol. The third kappa shape index (κ3) is 3.60. The molecule has 32 heavy (non-hydrogen) atoms. The van der Waals surface area contributed by atoms with E-state index in [1.807, 2.05) is 17.0 Å². The molecule has 2 saturated heterocycles. The summed E-state index contributed by atoms with van der Waals surface area (Å²) >= 11 is 0. The first-order chi connectivity index (χ1) is 15.4. The summed E-state index contributed by atoms with van der Waals surface area (Å²) in [4.78, 5) is 27.9. The zero-order chi connectivity index (χ0) is 22.5. The van der Waals surface area contributed by atoms with Crippen LogP contribution in [0.15, 0.2) is 23.4 Å². The van der Waals surface area contributed by atoms with Gasteiger partial charge in [-0.15, -0.1) is 0 Å². The summed E-state index contributed by atoms with van der Waals surface area (Å²) in [5.74, 6) is -0.497. The van der Waals surface area contributed by atoms with Crippen molar-refractivity contribution >= 4 is 11.9 Å². The predicted octanol–water partition coefficient (Wildman–Crippen LogP) is 3.16. The lowest BCUT2D eigenvalue weighted by molar-refractivity contribution is -0.136. The van der Waals surface area contributed by atoms with Crippen LogP contribution in [-0.4, -0.2) is 67.2 Å². The number of cyclic esters (lactones) is 2. The van der Waals surface area contributed by atoms with Gasteiger partial charge < -0.3 is 19.3 Å². The second kappa shape index (κ2) is 8.18. The molecule has 0 amide bonds. The Bertz CT molecular complexity index is 980. The summed E-state index contributed by atoms with van der Waals surface area (Å²) in [5, 5.41) is 0. The highest BCUT2D eigenvalue weighted by molar-refractivity contribution is 5.94. The number of fused-ring (bicyclic) bond motifs is 1. The first-order valence-corrected chi connectivity index (χ1v) is 11.6. The monoisotopic (exact) mass is 442 g/mol. The van der Waals surface area contributed by atoms with Crippen LogP contribution < -0.4 is 0 Å². The Hall–Kier alpha value is -2.41. The molecule has 1 aromatic carbocycles. The van der Waals surface area contributed by atoms with Gasteiger partial charge in [-0.3, -0.25) is 0 Å². The number of carbonyl (C=O) groups excluding carboxylic acids is 2. The van der Waals surface area contributed by atoms with Crippen LogP contribution in [-0.2, 0) is 27.3 Å². The van der Waals surface area contributed by atoms with Crippen molar-refractivity contribution in [3.63, 3.8) is 0 Å². The topological polar surface area (TPSA) is 59.1 Å². The Labute approximate surface area is 188 Å². The molecule has 0 aromatic heterocycles. The second-order valence-electron chi connectivity index (χ2n) is 9.72. The van der Waals surface area contributed by atoms with Crippen molar-refractivity contribution in [2.75, 3.05) is 39.3 Å². The summed E-state index contributed by atoms with van der Waals surface area (Å²) < 4.78 is 25.7. The van der Waals surface area contributed by atoms with E-state index in [1.54, 1.807) is 6.92 Å². The van der Waals surface area contributed by atoms with Gasteiger partial charge in [0.2, 0.25) is 0 Å². The van der Waals surface area contributed by atoms with Gasteiger partial charge in [0.15, 0.2) is 0 Å². The van der Waals surface area contributed by atoms with Crippen molar-refractivity contribution < 1.29 is 23.5 Å². The van der Waals surface area contributed by atoms with Gasteiger partial charge in [0.1, 0.15) is 19.4 Å². The molecule has 1 spiro atoms. The first kappa shape index (κ1) is 21.4. The summed E-state index contributed by atoms with van der Waals surface area (Å²) in [5.41, 5.74) is 5.39. The van der Waals surface area contributed by atoms with Gasteiger partial charge in [-0.1, -0.05) is 6.07 Å². The number of piperidine rings is 2.